The van der Waals surface area contributed by atoms with E-state index in [2.05, 4.69) is 10.6 Å². The predicted octanol–water partition coefficient (Wildman–Crippen LogP) is 0.896. The molecule has 0 radical (unpaired) electrons. The van der Waals surface area contributed by atoms with Crippen LogP contribution in [0, 0.1) is 0 Å². The van der Waals surface area contributed by atoms with Gasteiger partial charge in [0, 0.05) is 24.5 Å². The van der Waals surface area contributed by atoms with Crippen LogP contribution >= 0.6 is 0 Å². The van der Waals surface area contributed by atoms with Crippen molar-refractivity contribution in [3.63, 3.8) is 0 Å². The number of fused-ring (bicyclic) bond motifs is 1. The van der Waals surface area contributed by atoms with Crippen LogP contribution in [0.4, 0.5) is 0 Å². The molecule has 0 spiro atoms. The standard InChI is InChI=1S/C17H21N3O5/c1-10(16(23)18-7-6-15(21)22)19-17(24)14-9-11-8-12(25-3)4-5-13(11)20(14)2/h4-5,8-10H,6-7H2,1-3H3,(H,18,23)(H,19,24)(H,21,22). The quantitative estimate of drug-likeness (QED) is 0.689. The number of aryl methyl sites for hydroxylation is 1. The first-order chi connectivity index (χ1) is 11.8. The average molecular weight is 347 g/mol. The van der Waals surface area contributed by atoms with Gasteiger partial charge in [-0.05, 0) is 31.2 Å². The van der Waals surface area contributed by atoms with Gasteiger partial charge in [0.25, 0.3) is 5.91 Å². The summed E-state index contributed by atoms with van der Waals surface area (Å²) in [5.41, 5.74) is 1.28. The third kappa shape index (κ3) is 4.28. The number of hydrogen-bond donors (Lipinski definition) is 3. The number of aromatic nitrogens is 1. The number of nitrogens with one attached hydrogen (secondary N) is 2. The fourth-order valence-corrected chi connectivity index (χ4v) is 2.45. The maximum atomic E-state index is 12.4. The van der Waals surface area contributed by atoms with E-state index in [1.54, 1.807) is 31.7 Å². The number of carbonyl (C=O) groups excluding carboxylic acids is 2. The van der Waals surface area contributed by atoms with Gasteiger partial charge in [0.2, 0.25) is 5.91 Å². The van der Waals surface area contributed by atoms with Crippen LogP contribution in [0.2, 0.25) is 0 Å². The first kappa shape index (κ1) is 18.3. The summed E-state index contributed by atoms with van der Waals surface area (Å²) in [6.45, 7) is 1.56. The first-order valence-electron chi connectivity index (χ1n) is 7.77. The molecular weight excluding hydrogens is 326 g/mol. The van der Waals surface area contributed by atoms with Gasteiger partial charge in [0.05, 0.1) is 13.5 Å². The predicted molar refractivity (Wildman–Crippen MR) is 91.7 cm³/mol. The summed E-state index contributed by atoms with van der Waals surface area (Å²) >= 11 is 0. The molecule has 0 saturated carbocycles. The van der Waals surface area contributed by atoms with Crippen molar-refractivity contribution in [3.05, 3.63) is 30.0 Å². The number of benzene rings is 1. The lowest BCUT2D eigenvalue weighted by molar-refractivity contribution is -0.137. The van der Waals surface area contributed by atoms with Crippen molar-refractivity contribution in [2.24, 2.45) is 7.05 Å². The third-order valence-electron chi connectivity index (χ3n) is 3.86. The van der Waals surface area contributed by atoms with Gasteiger partial charge >= 0.3 is 5.97 Å². The minimum absolute atomic E-state index is 0.0161. The Hall–Kier alpha value is -3.03. The lowest BCUT2D eigenvalue weighted by Crippen LogP contribution is -2.45. The molecule has 1 unspecified atom stereocenters. The number of amides is 2. The van der Waals surface area contributed by atoms with Crippen LogP contribution < -0.4 is 15.4 Å². The highest BCUT2D eigenvalue weighted by Gasteiger charge is 2.19. The molecular formula is C17H21N3O5. The van der Waals surface area contributed by atoms with Gasteiger partial charge in [-0.15, -0.1) is 0 Å². The van der Waals surface area contributed by atoms with E-state index in [1.165, 1.54) is 0 Å². The fraction of sp³-hybridized carbons (Fsp3) is 0.353. The monoisotopic (exact) mass is 347 g/mol. The summed E-state index contributed by atoms with van der Waals surface area (Å²) in [5, 5.41) is 14.5. The molecule has 25 heavy (non-hydrogen) atoms. The molecule has 2 amide bonds. The number of hydrogen-bond acceptors (Lipinski definition) is 4. The van der Waals surface area contributed by atoms with E-state index in [0.29, 0.717) is 11.4 Å². The molecule has 1 aromatic carbocycles. The van der Waals surface area contributed by atoms with E-state index in [0.717, 1.165) is 10.9 Å². The van der Waals surface area contributed by atoms with E-state index in [4.69, 9.17) is 9.84 Å². The molecule has 1 atom stereocenters. The number of methoxy groups -OCH3 is 1. The van der Waals surface area contributed by atoms with Crippen molar-refractivity contribution in [2.75, 3.05) is 13.7 Å². The van der Waals surface area contributed by atoms with Gasteiger partial charge in [-0.3, -0.25) is 14.4 Å². The Bertz CT molecular complexity index is 812. The summed E-state index contributed by atoms with van der Waals surface area (Å²) in [5.74, 6) is -1.13. The lowest BCUT2D eigenvalue weighted by Gasteiger charge is -2.14. The maximum absolute atomic E-state index is 12.4. The van der Waals surface area contributed by atoms with Crippen molar-refractivity contribution < 1.29 is 24.2 Å². The Morgan fingerprint density at radius 1 is 1.28 bits per heavy atom. The molecule has 0 bridgehead atoms. The highest BCUT2D eigenvalue weighted by molar-refractivity contribution is 6.00. The maximum Gasteiger partial charge on any atom is 0.305 e. The van der Waals surface area contributed by atoms with Gasteiger partial charge < -0.3 is 25.0 Å². The topological polar surface area (TPSA) is 110 Å². The second-order valence-electron chi connectivity index (χ2n) is 5.64. The number of carboxylic acid groups (broad SMARTS) is 1. The summed E-state index contributed by atoms with van der Waals surface area (Å²) in [6, 6.07) is 6.43. The summed E-state index contributed by atoms with van der Waals surface area (Å²) in [6.07, 6.45) is -0.169. The zero-order valence-electron chi connectivity index (χ0n) is 14.3. The summed E-state index contributed by atoms with van der Waals surface area (Å²) < 4.78 is 6.91. The number of carboxylic acids is 1. The number of carbonyl (C=O) groups is 3. The highest BCUT2D eigenvalue weighted by atomic mass is 16.5. The van der Waals surface area contributed by atoms with Crippen molar-refractivity contribution in [1.82, 2.24) is 15.2 Å². The summed E-state index contributed by atoms with van der Waals surface area (Å²) in [7, 11) is 3.34. The minimum Gasteiger partial charge on any atom is -0.497 e. The molecule has 8 nitrogen and oxygen atoms in total. The zero-order chi connectivity index (χ0) is 18.6. The van der Waals surface area contributed by atoms with E-state index in [-0.39, 0.29) is 13.0 Å². The van der Waals surface area contributed by atoms with Crippen LogP contribution in [-0.2, 0) is 16.6 Å². The second kappa shape index (κ2) is 7.69. The van der Waals surface area contributed by atoms with Gasteiger partial charge in [0.1, 0.15) is 17.5 Å². The molecule has 8 heteroatoms. The van der Waals surface area contributed by atoms with Crippen LogP contribution in [0.1, 0.15) is 23.8 Å². The van der Waals surface area contributed by atoms with Crippen LogP contribution in [0.3, 0.4) is 0 Å². The molecule has 0 saturated heterocycles. The van der Waals surface area contributed by atoms with Crippen LogP contribution in [0.15, 0.2) is 24.3 Å². The van der Waals surface area contributed by atoms with E-state index in [1.807, 2.05) is 18.2 Å². The normalized spacial score (nSPS) is 11.8. The average Bonchev–Trinajstić information content (AvgIpc) is 2.90. The van der Waals surface area contributed by atoms with Crippen LogP contribution in [0.5, 0.6) is 5.75 Å². The largest absolute Gasteiger partial charge is 0.497 e. The Kier molecular flexibility index (Phi) is 5.63. The Balaban J connectivity index is 2.07. The molecule has 134 valence electrons. The molecule has 0 aliphatic rings. The molecule has 1 aromatic heterocycles. The minimum atomic E-state index is -0.997. The zero-order valence-corrected chi connectivity index (χ0v) is 14.3. The van der Waals surface area contributed by atoms with Crippen LogP contribution in [-0.4, -0.2) is 47.2 Å². The number of aliphatic carboxylic acids is 1. The van der Waals surface area contributed by atoms with E-state index >= 15 is 0 Å². The molecule has 2 aromatic rings. The third-order valence-corrected chi connectivity index (χ3v) is 3.86. The van der Waals surface area contributed by atoms with E-state index < -0.39 is 23.8 Å². The van der Waals surface area contributed by atoms with Crippen LogP contribution in [0.25, 0.3) is 10.9 Å². The Morgan fingerprint density at radius 2 is 2.00 bits per heavy atom. The second-order valence-corrected chi connectivity index (χ2v) is 5.64. The SMILES string of the molecule is COc1ccc2c(c1)cc(C(=O)NC(C)C(=O)NCCC(=O)O)n2C. The van der Waals surface area contributed by atoms with Crippen molar-refractivity contribution >= 4 is 28.7 Å². The van der Waals surface area contributed by atoms with Gasteiger partial charge in [0.15, 0.2) is 0 Å². The van der Waals surface area contributed by atoms with E-state index in [9.17, 15) is 14.4 Å². The molecule has 0 aliphatic carbocycles. The number of nitrogens with zero attached hydrogens (tertiary/aromatic N) is 1. The molecule has 2 rings (SSSR count). The number of ether oxygens (including phenoxy) is 1. The van der Waals surface area contributed by atoms with Crippen molar-refractivity contribution in [2.45, 2.75) is 19.4 Å². The lowest BCUT2D eigenvalue weighted by atomic mass is 10.2. The summed E-state index contributed by atoms with van der Waals surface area (Å²) in [4.78, 5) is 34.8. The molecule has 0 fully saturated rings. The van der Waals surface area contributed by atoms with Gasteiger partial charge in [-0.25, -0.2) is 0 Å². The van der Waals surface area contributed by atoms with Crippen molar-refractivity contribution in [1.29, 1.82) is 0 Å². The smallest absolute Gasteiger partial charge is 0.305 e. The van der Waals surface area contributed by atoms with Gasteiger partial charge in [-0.1, -0.05) is 0 Å². The highest BCUT2D eigenvalue weighted by Crippen LogP contribution is 2.23. The fourth-order valence-electron chi connectivity index (χ4n) is 2.45. The number of rotatable bonds is 7. The molecule has 3 N–H and O–H groups in total. The van der Waals surface area contributed by atoms with Gasteiger partial charge in [-0.2, -0.15) is 0 Å². The Morgan fingerprint density at radius 3 is 2.64 bits per heavy atom. The Labute approximate surface area is 144 Å². The first-order valence-corrected chi connectivity index (χ1v) is 7.77. The van der Waals surface area contributed by atoms with Crippen molar-refractivity contribution in [3.8, 4) is 5.75 Å². The molecule has 0 aliphatic heterocycles. The molecule has 1 heterocycles.